The first-order valence-corrected chi connectivity index (χ1v) is 9.21. The zero-order chi connectivity index (χ0) is 20.3. The second kappa shape index (κ2) is 8.37. The first-order valence-electron chi connectivity index (χ1n) is 9.21. The number of nitro groups is 1. The molecule has 3 rings (SSSR count). The second-order valence-electron chi connectivity index (χ2n) is 7.19. The minimum Gasteiger partial charge on any atom is -0.496 e. The molecule has 0 saturated heterocycles. The minimum atomic E-state index is -0.673. The largest absolute Gasteiger partial charge is 0.496 e. The van der Waals surface area contributed by atoms with Crippen LogP contribution in [0.2, 0.25) is 0 Å². The molecule has 9 nitrogen and oxygen atoms in total. The van der Waals surface area contributed by atoms with E-state index in [-0.39, 0.29) is 40.7 Å². The summed E-state index contributed by atoms with van der Waals surface area (Å²) in [6, 6.07) is 4.02. The van der Waals surface area contributed by atoms with Crippen LogP contribution in [0.4, 0.5) is 11.4 Å². The van der Waals surface area contributed by atoms with Crippen LogP contribution in [-0.2, 0) is 19.1 Å². The molecule has 150 valence electrons. The number of fused-ring (bicyclic) bond motifs is 2. The van der Waals surface area contributed by atoms with Crippen LogP contribution in [0.3, 0.4) is 0 Å². The minimum absolute atomic E-state index is 0.00959. The van der Waals surface area contributed by atoms with Crippen LogP contribution in [-0.4, -0.2) is 36.3 Å². The lowest BCUT2D eigenvalue weighted by Crippen LogP contribution is -2.40. The normalized spacial score (nSPS) is 23.6. The van der Waals surface area contributed by atoms with Crippen LogP contribution in [0.15, 0.2) is 18.2 Å². The molecule has 1 amide bonds. The average molecular weight is 390 g/mol. The van der Waals surface area contributed by atoms with Gasteiger partial charge in [-0.25, -0.2) is 0 Å². The van der Waals surface area contributed by atoms with Gasteiger partial charge in [0.2, 0.25) is 0 Å². The molecular weight excluding hydrogens is 368 g/mol. The van der Waals surface area contributed by atoms with Gasteiger partial charge in [-0.1, -0.05) is 6.42 Å². The summed E-state index contributed by atoms with van der Waals surface area (Å²) < 4.78 is 10.0. The van der Waals surface area contributed by atoms with Gasteiger partial charge in [-0.3, -0.25) is 24.5 Å². The number of anilines is 1. The number of benzene rings is 1. The van der Waals surface area contributed by atoms with Gasteiger partial charge in [-0.2, -0.15) is 0 Å². The quantitative estimate of drug-likeness (QED) is 0.449. The van der Waals surface area contributed by atoms with Crippen LogP contribution >= 0.6 is 0 Å². The first kappa shape index (κ1) is 19.8. The molecular formula is C19H22N2O7. The van der Waals surface area contributed by atoms with Gasteiger partial charge in [-0.15, -0.1) is 0 Å². The molecule has 0 aromatic heterocycles. The number of ether oxygens (including phenoxy) is 2. The molecule has 0 aliphatic heterocycles. The Kier molecular flexibility index (Phi) is 5.91. The number of nitrogens with one attached hydrogen (secondary N) is 1. The van der Waals surface area contributed by atoms with Gasteiger partial charge in [0, 0.05) is 11.8 Å². The highest BCUT2D eigenvalue weighted by atomic mass is 16.6. The van der Waals surface area contributed by atoms with Crippen molar-refractivity contribution in [2.75, 3.05) is 19.0 Å². The number of carbonyl (C=O) groups excluding carboxylic acids is 3. The molecule has 1 N–H and O–H groups in total. The number of nitro benzene ring substituents is 1. The fourth-order valence-electron chi connectivity index (χ4n) is 4.01. The van der Waals surface area contributed by atoms with E-state index in [4.69, 9.17) is 9.47 Å². The first-order chi connectivity index (χ1) is 13.4. The molecule has 2 aliphatic carbocycles. The monoisotopic (exact) mass is 390 g/mol. The third-order valence-electron chi connectivity index (χ3n) is 5.40. The number of carbonyl (C=O) groups is 3. The maximum atomic E-state index is 12.3. The summed E-state index contributed by atoms with van der Waals surface area (Å²) in [4.78, 5) is 47.0. The molecule has 0 radical (unpaired) electrons. The molecule has 9 heteroatoms. The number of Topliss-reactive ketones (excluding diaryl/α,β-unsaturated/α-hetero) is 1. The summed E-state index contributed by atoms with van der Waals surface area (Å²) in [5.41, 5.74) is -0.331. The third kappa shape index (κ3) is 4.29. The lowest BCUT2D eigenvalue weighted by atomic mass is 9.67. The Morgan fingerprint density at radius 2 is 1.93 bits per heavy atom. The molecule has 2 fully saturated rings. The Bertz CT molecular complexity index is 791. The van der Waals surface area contributed by atoms with E-state index in [1.54, 1.807) is 0 Å². The Morgan fingerprint density at radius 3 is 2.54 bits per heavy atom. The molecule has 0 heterocycles. The van der Waals surface area contributed by atoms with Gasteiger partial charge < -0.3 is 14.8 Å². The number of hydrogen-bond acceptors (Lipinski definition) is 7. The predicted molar refractivity (Wildman–Crippen MR) is 97.8 cm³/mol. The predicted octanol–water partition coefficient (Wildman–Crippen LogP) is 2.48. The summed E-state index contributed by atoms with van der Waals surface area (Å²) in [6.45, 7) is -0.540. The smallest absolute Gasteiger partial charge is 0.309 e. The number of nitrogens with zero attached hydrogens (tertiary/aromatic N) is 1. The fraction of sp³-hybridized carbons (Fsp3) is 0.526. The molecule has 2 aliphatic rings. The summed E-state index contributed by atoms with van der Waals surface area (Å²) in [5, 5.41) is 13.5. The van der Waals surface area contributed by atoms with Crippen molar-refractivity contribution in [1.29, 1.82) is 0 Å². The summed E-state index contributed by atoms with van der Waals surface area (Å²) in [7, 11) is 1.38. The number of methoxy groups -OCH3 is 1. The average Bonchev–Trinajstić information content (AvgIpc) is 2.66. The molecule has 0 spiro atoms. The lowest BCUT2D eigenvalue weighted by molar-refractivity contribution is -0.384. The van der Waals surface area contributed by atoms with Gasteiger partial charge in [-0.05, 0) is 37.8 Å². The Balaban J connectivity index is 1.55. The molecule has 1 aromatic carbocycles. The zero-order valence-electron chi connectivity index (χ0n) is 15.5. The van der Waals surface area contributed by atoms with E-state index in [9.17, 15) is 24.5 Å². The van der Waals surface area contributed by atoms with Crippen LogP contribution in [0.1, 0.15) is 32.1 Å². The second-order valence-corrected chi connectivity index (χ2v) is 7.19. The van der Waals surface area contributed by atoms with Gasteiger partial charge in [0.1, 0.15) is 17.2 Å². The highest BCUT2D eigenvalue weighted by Gasteiger charge is 2.41. The van der Waals surface area contributed by atoms with Crippen molar-refractivity contribution in [1.82, 2.24) is 0 Å². The molecule has 2 bridgehead atoms. The van der Waals surface area contributed by atoms with Crippen molar-refractivity contribution in [2.45, 2.75) is 32.1 Å². The molecule has 2 atom stereocenters. The van der Waals surface area contributed by atoms with Crippen molar-refractivity contribution < 1.29 is 28.8 Å². The number of rotatable bonds is 6. The van der Waals surface area contributed by atoms with E-state index in [1.807, 2.05) is 0 Å². The van der Waals surface area contributed by atoms with Crippen LogP contribution in [0.25, 0.3) is 0 Å². The Morgan fingerprint density at radius 1 is 1.25 bits per heavy atom. The van der Waals surface area contributed by atoms with Crippen molar-refractivity contribution in [3.05, 3.63) is 28.3 Å². The van der Waals surface area contributed by atoms with Gasteiger partial charge in [0.25, 0.3) is 11.6 Å². The highest BCUT2D eigenvalue weighted by Crippen LogP contribution is 2.40. The Hall–Kier alpha value is -2.97. The maximum absolute atomic E-state index is 12.3. The van der Waals surface area contributed by atoms with E-state index in [1.165, 1.54) is 25.3 Å². The standard InChI is InChI=1S/C19H22N2O7/c1-27-14-5-6-15(16(9-14)21(25)26)20-17(22)10-28-19(24)13-7-11-3-2-4-12(8-13)18(11)23/h5-6,9,11-13H,2-4,7-8,10H2,1H3,(H,20,22)/t11-,12-/m1/s1. The highest BCUT2D eigenvalue weighted by molar-refractivity contribution is 5.95. The molecule has 2 saturated carbocycles. The number of amides is 1. The third-order valence-corrected chi connectivity index (χ3v) is 5.40. The summed E-state index contributed by atoms with van der Waals surface area (Å²) in [6.07, 6.45) is 3.56. The summed E-state index contributed by atoms with van der Waals surface area (Å²) in [5.74, 6) is -1.18. The van der Waals surface area contributed by atoms with Gasteiger partial charge >= 0.3 is 5.97 Å². The molecule has 1 aromatic rings. The van der Waals surface area contributed by atoms with Crippen LogP contribution in [0.5, 0.6) is 5.75 Å². The molecule has 28 heavy (non-hydrogen) atoms. The van der Waals surface area contributed by atoms with Gasteiger partial charge in [0.05, 0.1) is 24.0 Å². The SMILES string of the molecule is COc1ccc(NC(=O)COC(=O)C2C[C@H]3CCC[C@H](C2)C3=O)c([N+](=O)[O-])c1. The van der Waals surface area contributed by atoms with E-state index in [0.717, 1.165) is 19.3 Å². The van der Waals surface area contributed by atoms with Crippen molar-refractivity contribution in [3.63, 3.8) is 0 Å². The van der Waals surface area contributed by atoms with E-state index in [2.05, 4.69) is 5.32 Å². The lowest BCUT2D eigenvalue weighted by Gasteiger charge is -2.36. The van der Waals surface area contributed by atoms with Crippen molar-refractivity contribution >= 4 is 29.0 Å². The number of ketones is 1. The van der Waals surface area contributed by atoms with Crippen molar-refractivity contribution in [2.24, 2.45) is 17.8 Å². The zero-order valence-corrected chi connectivity index (χ0v) is 15.5. The summed E-state index contributed by atoms with van der Waals surface area (Å²) >= 11 is 0. The van der Waals surface area contributed by atoms with E-state index < -0.39 is 23.4 Å². The topological polar surface area (TPSA) is 125 Å². The van der Waals surface area contributed by atoms with Crippen LogP contribution < -0.4 is 10.1 Å². The van der Waals surface area contributed by atoms with E-state index in [0.29, 0.717) is 12.8 Å². The number of esters is 1. The molecule has 0 unspecified atom stereocenters. The van der Waals surface area contributed by atoms with Gasteiger partial charge in [0.15, 0.2) is 6.61 Å². The van der Waals surface area contributed by atoms with Crippen LogP contribution in [0, 0.1) is 27.9 Å². The van der Waals surface area contributed by atoms with E-state index >= 15 is 0 Å². The number of hydrogen-bond donors (Lipinski definition) is 1. The Labute approximate surface area is 161 Å². The fourth-order valence-corrected chi connectivity index (χ4v) is 4.01. The van der Waals surface area contributed by atoms with Crippen molar-refractivity contribution in [3.8, 4) is 5.75 Å². The maximum Gasteiger partial charge on any atom is 0.309 e.